The van der Waals surface area contributed by atoms with E-state index in [2.05, 4.69) is 45.1 Å². The molecule has 0 bridgehead atoms. The number of nitrogens with one attached hydrogen (secondary N) is 1. The molecule has 1 amide bonds. The summed E-state index contributed by atoms with van der Waals surface area (Å²) in [5.41, 5.74) is 3.58. The van der Waals surface area contributed by atoms with Crippen LogP contribution in [0.5, 0.6) is 0 Å². The topological polar surface area (TPSA) is 95.4 Å². The molecule has 1 aromatic carbocycles. The van der Waals surface area contributed by atoms with Crippen LogP contribution in [0, 0.1) is 0 Å². The molecule has 34 heavy (non-hydrogen) atoms. The van der Waals surface area contributed by atoms with Crippen molar-refractivity contribution in [2.75, 3.05) is 64.4 Å². The van der Waals surface area contributed by atoms with Gasteiger partial charge in [0.15, 0.2) is 5.65 Å². The zero-order valence-electron chi connectivity index (χ0n) is 19.3. The maximum absolute atomic E-state index is 13.1. The van der Waals surface area contributed by atoms with Crippen molar-refractivity contribution in [1.29, 1.82) is 0 Å². The van der Waals surface area contributed by atoms with Crippen molar-refractivity contribution in [3.8, 4) is 11.3 Å². The summed E-state index contributed by atoms with van der Waals surface area (Å²) in [6.07, 6.45) is 3.73. The number of H-pyrrole nitrogens is 1. The molecule has 0 saturated carbocycles. The lowest BCUT2D eigenvalue weighted by Crippen LogP contribution is -2.48. The highest BCUT2D eigenvalue weighted by molar-refractivity contribution is 6.02. The van der Waals surface area contributed by atoms with E-state index >= 15 is 0 Å². The zero-order valence-corrected chi connectivity index (χ0v) is 19.3. The van der Waals surface area contributed by atoms with Gasteiger partial charge in [-0.2, -0.15) is 10.1 Å². The molecule has 176 valence electrons. The van der Waals surface area contributed by atoms with Gasteiger partial charge in [-0.1, -0.05) is 12.1 Å². The Hall–Kier alpha value is -3.50. The van der Waals surface area contributed by atoms with Crippen LogP contribution >= 0.6 is 0 Å². The molecule has 10 nitrogen and oxygen atoms in total. The molecule has 5 heterocycles. The van der Waals surface area contributed by atoms with Crippen molar-refractivity contribution in [1.82, 2.24) is 34.5 Å². The van der Waals surface area contributed by atoms with E-state index in [0.717, 1.165) is 66.8 Å². The number of likely N-dealkylation sites (N-methyl/N-ethyl adjacent to an activating group) is 1. The number of aromatic nitrogens is 5. The second kappa shape index (κ2) is 8.69. The molecule has 0 aliphatic carbocycles. The number of carbonyl (C=O) groups excluding carboxylic acids is 1. The number of carbonyl (C=O) groups is 1. The van der Waals surface area contributed by atoms with Gasteiger partial charge >= 0.3 is 0 Å². The van der Waals surface area contributed by atoms with Crippen molar-refractivity contribution >= 4 is 33.8 Å². The van der Waals surface area contributed by atoms with Crippen LogP contribution < -0.4 is 4.90 Å². The lowest BCUT2D eigenvalue weighted by Gasteiger charge is -2.32. The summed E-state index contributed by atoms with van der Waals surface area (Å²) < 4.78 is 7.26. The van der Waals surface area contributed by atoms with Crippen LogP contribution in [-0.2, 0) is 16.1 Å². The number of morpholine rings is 1. The molecule has 2 saturated heterocycles. The van der Waals surface area contributed by atoms with Gasteiger partial charge in [0.2, 0.25) is 11.9 Å². The van der Waals surface area contributed by atoms with Gasteiger partial charge in [0.1, 0.15) is 6.54 Å². The number of ether oxygens (including phenoxy) is 1. The average Bonchev–Trinajstić information content (AvgIpc) is 3.52. The van der Waals surface area contributed by atoms with E-state index in [-0.39, 0.29) is 12.5 Å². The third-order valence-corrected chi connectivity index (χ3v) is 6.77. The van der Waals surface area contributed by atoms with E-state index in [9.17, 15) is 4.79 Å². The molecule has 10 heteroatoms. The zero-order chi connectivity index (χ0) is 23.1. The SMILES string of the molecule is CN1CCN(C(=O)Cn2ncc3c(-c4cccc5[nH]ccc45)nc(N4CCOCC4)nc32)CC1. The number of piperazine rings is 1. The third-order valence-electron chi connectivity index (χ3n) is 6.77. The molecule has 4 aromatic rings. The van der Waals surface area contributed by atoms with E-state index in [1.165, 1.54) is 0 Å². The van der Waals surface area contributed by atoms with Crippen LogP contribution in [0.3, 0.4) is 0 Å². The van der Waals surface area contributed by atoms with Gasteiger partial charge in [0.25, 0.3) is 0 Å². The first-order valence-electron chi connectivity index (χ1n) is 11.8. The smallest absolute Gasteiger partial charge is 0.244 e. The number of anilines is 1. The molecule has 3 aromatic heterocycles. The lowest BCUT2D eigenvalue weighted by atomic mass is 10.0. The average molecular weight is 461 g/mol. The summed E-state index contributed by atoms with van der Waals surface area (Å²) in [6, 6.07) is 8.22. The molecule has 0 atom stereocenters. The van der Waals surface area contributed by atoms with Crippen molar-refractivity contribution in [3.05, 3.63) is 36.7 Å². The van der Waals surface area contributed by atoms with Crippen LogP contribution in [0.15, 0.2) is 36.7 Å². The number of nitrogens with zero attached hydrogens (tertiary/aromatic N) is 7. The van der Waals surface area contributed by atoms with Gasteiger partial charge in [-0.25, -0.2) is 9.67 Å². The molecule has 0 unspecified atom stereocenters. The van der Waals surface area contributed by atoms with Gasteiger partial charge in [-0.05, 0) is 19.2 Å². The number of hydrogen-bond acceptors (Lipinski definition) is 7. The number of rotatable bonds is 4. The molecule has 2 aliphatic rings. The van der Waals surface area contributed by atoms with Crippen molar-refractivity contribution < 1.29 is 9.53 Å². The predicted molar refractivity (Wildman–Crippen MR) is 130 cm³/mol. The summed E-state index contributed by atoms with van der Waals surface area (Å²) in [7, 11) is 2.08. The Labute approximate surface area is 197 Å². The monoisotopic (exact) mass is 460 g/mol. The van der Waals surface area contributed by atoms with Crippen LogP contribution in [0.1, 0.15) is 0 Å². The van der Waals surface area contributed by atoms with Crippen LogP contribution in [-0.4, -0.2) is 100.0 Å². The summed E-state index contributed by atoms with van der Waals surface area (Å²) in [6.45, 7) is 6.17. The molecular weight excluding hydrogens is 432 g/mol. The maximum Gasteiger partial charge on any atom is 0.244 e. The largest absolute Gasteiger partial charge is 0.378 e. The van der Waals surface area contributed by atoms with Crippen molar-refractivity contribution in [3.63, 3.8) is 0 Å². The number of amides is 1. The molecular formula is C24H28N8O2. The standard InChI is InChI=1S/C24H28N8O2/c1-29-7-9-30(10-8-29)21(33)16-32-23-19(15-26-32)22(18-3-2-4-20-17(18)5-6-25-20)27-24(28-23)31-11-13-34-14-12-31/h2-6,15,25H,7-14,16H2,1H3. The van der Waals surface area contributed by atoms with E-state index in [1.54, 1.807) is 10.9 Å². The van der Waals surface area contributed by atoms with Gasteiger partial charge in [-0.15, -0.1) is 0 Å². The van der Waals surface area contributed by atoms with Crippen LogP contribution in [0.2, 0.25) is 0 Å². The fourth-order valence-electron chi connectivity index (χ4n) is 4.75. The summed E-state index contributed by atoms with van der Waals surface area (Å²) in [5, 5.41) is 6.53. The highest BCUT2D eigenvalue weighted by Gasteiger charge is 2.24. The second-order valence-corrected chi connectivity index (χ2v) is 8.94. The van der Waals surface area contributed by atoms with Gasteiger partial charge in [0, 0.05) is 61.9 Å². The minimum absolute atomic E-state index is 0.0684. The predicted octanol–water partition coefficient (Wildman–Crippen LogP) is 1.59. The van der Waals surface area contributed by atoms with E-state index in [4.69, 9.17) is 14.7 Å². The summed E-state index contributed by atoms with van der Waals surface area (Å²) >= 11 is 0. The summed E-state index contributed by atoms with van der Waals surface area (Å²) in [5.74, 6) is 0.714. The van der Waals surface area contributed by atoms with E-state index in [0.29, 0.717) is 24.8 Å². The first kappa shape index (κ1) is 21.1. The molecule has 1 N–H and O–H groups in total. The Kier molecular flexibility index (Phi) is 5.39. The van der Waals surface area contributed by atoms with E-state index < -0.39 is 0 Å². The van der Waals surface area contributed by atoms with Crippen LogP contribution in [0.25, 0.3) is 33.2 Å². The molecule has 0 spiro atoms. The van der Waals surface area contributed by atoms with Crippen molar-refractivity contribution in [2.24, 2.45) is 0 Å². The Morgan fingerprint density at radius 2 is 1.85 bits per heavy atom. The van der Waals surface area contributed by atoms with Gasteiger partial charge in [0.05, 0.1) is 30.5 Å². The van der Waals surface area contributed by atoms with Crippen LogP contribution in [0.4, 0.5) is 5.95 Å². The summed E-state index contributed by atoms with van der Waals surface area (Å²) in [4.78, 5) is 32.6. The Morgan fingerprint density at radius 3 is 2.68 bits per heavy atom. The highest BCUT2D eigenvalue weighted by Crippen LogP contribution is 2.33. The fraction of sp³-hybridized carbons (Fsp3) is 0.417. The van der Waals surface area contributed by atoms with E-state index in [1.807, 2.05) is 17.2 Å². The Morgan fingerprint density at radius 1 is 1.03 bits per heavy atom. The quantitative estimate of drug-likeness (QED) is 0.494. The second-order valence-electron chi connectivity index (χ2n) is 8.94. The number of benzene rings is 1. The first-order valence-corrected chi connectivity index (χ1v) is 11.8. The minimum Gasteiger partial charge on any atom is -0.378 e. The normalized spacial score (nSPS) is 17.7. The molecule has 0 radical (unpaired) electrons. The number of hydrogen-bond donors (Lipinski definition) is 1. The Bertz CT molecular complexity index is 1330. The Balaban J connectivity index is 1.43. The number of aromatic amines is 1. The highest BCUT2D eigenvalue weighted by atomic mass is 16.5. The minimum atomic E-state index is 0.0684. The fourth-order valence-corrected chi connectivity index (χ4v) is 4.75. The molecule has 2 fully saturated rings. The molecule has 6 rings (SSSR count). The molecule has 2 aliphatic heterocycles. The third kappa shape index (κ3) is 3.78. The van der Waals surface area contributed by atoms with Gasteiger partial charge in [-0.3, -0.25) is 4.79 Å². The van der Waals surface area contributed by atoms with Gasteiger partial charge < -0.3 is 24.4 Å². The maximum atomic E-state index is 13.1. The first-order chi connectivity index (χ1) is 16.7. The van der Waals surface area contributed by atoms with Crippen molar-refractivity contribution in [2.45, 2.75) is 6.54 Å². The lowest BCUT2D eigenvalue weighted by molar-refractivity contribution is -0.133. The number of fused-ring (bicyclic) bond motifs is 2.